The molecule has 19 heavy (non-hydrogen) atoms. The van der Waals surface area contributed by atoms with E-state index in [0.717, 1.165) is 12.2 Å². The molecule has 0 aliphatic rings. The molecule has 2 aromatic rings. The van der Waals surface area contributed by atoms with Gasteiger partial charge in [-0.2, -0.15) is 0 Å². The molecule has 0 radical (unpaired) electrons. The van der Waals surface area contributed by atoms with Gasteiger partial charge >= 0.3 is 5.69 Å². The van der Waals surface area contributed by atoms with E-state index in [1.54, 1.807) is 16.2 Å². The number of aromatic nitrogens is 2. The van der Waals surface area contributed by atoms with E-state index in [9.17, 15) is 4.79 Å². The molecule has 102 valence electrons. The number of hydrogen-bond donors (Lipinski definition) is 0. The molecule has 0 N–H and O–H groups in total. The van der Waals surface area contributed by atoms with E-state index in [4.69, 9.17) is 4.74 Å². The molecule has 0 spiro atoms. The van der Waals surface area contributed by atoms with Crippen LogP contribution < -0.4 is 10.4 Å². The molecule has 0 atom stereocenters. The first-order valence-electron chi connectivity index (χ1n) is 6.52. The summed E-state index contributed by atoms with van der Waals surface area (Å²) >= 11 is 0. The van der Waals surface area contributed by atoms with Crippen LogP contribution in [0.2, 0.25) is 0 Å². The van der Waals surface area contributed by atoms with Crippen molar-refractivity contribution in [2.24, 2.45) is 0 Å². The first-order chi connectivity index (χ1) is 9.11. The third kappa shape index (κ3) is 3.08. The highest BCUT2D eigenvalue weighted by Gasteiger charge is 2.05. The van der Waals surface area contributed by atoms with Crippen LogP contribution in [0.4, 0.5) is 0 Å². The molecule has 0 saturated carbocycles. The molecule has 0 amide bonds. The summed E-state index contributed by atoms with van der Waals surface area (Å²) in [6.45, 7) is 4.72. The zero-order chi connectivity index (χ0) is 13.8. The first-order valence-corrected chi connectivity index (χ1v) is 6.52. The number of rotatable bonds is 5. The number of ether oxygens (including phenoxy) is 1. The molecule has 0 bridgehead atoms. The Bertz CT molecular complexity index is 579. The maximum Gasteiger partial charge on any atom is 0.328 e. The molecule has 0 aliphatic heterocycles. The van der Waals surface area contributed by atoms with Crippen LogP contribution in [0.25, 0.3) is 0 Å². The molecule has 0 fully saturated rings. The summed E-state index contributed by atoms with van der Waals surface area (Å²) in [4.78, 5) is 12.0. The number of benzene rings is 1. The number of nitrogens with zero attached hydrogens (tertiary/aromatic N) is 2. The van der Waals surface area contributed by atoms with Gasteiger partial charge in [-0.05, 0) is 38.0 Å². The van der Waals surface area contributed by atoms with Crippen LogP contribution >= 0.6 is 0 Å². The van der Waals surface area contributed by atoms with Crippen molar-refractivity contribution in [1.82, 2.24) is 9.13 Å². The van der Waals surface area contributed by atoms with Crippen molar-refractivity contribution in [3.8, 4) is 5.75 Å². The molecule has 1 aromatic carbocycles. The van der Waals surface area contributed by atoms with Gasteiger partial charge in [-0.25, -0.2) is 4.79 Å². The molecule has 4 heteroatoms. The van der Waals surface area contributed by atoms with Gasteiger partial charge in [0.1, 0.15) is 5.75 Å². The Morgan fingerprint density at radius 1 is 1.16 bits per heavy atom. The highest BCUT2D eigenvalue weighted by Crippen LogP contribution is 2.12. The summed E-state index contributed by atoms with van der Waals surface area (Å²) in [7, 11) is 1.66. The lowest BCUT2D eigenvalue weighted by Gasteiger charge is -2.06. The Morgan fingerprint density at radius 3 is 2.37 bits per heavy atom. The topological polar surface area (TPSA) is 36.2 Å². The third-order valence-corrected chi connectivity index (χ3v) is 3.23. The average Bonchev–Trinajstić information content (AvgIpc) is 2.78. The van der Waals surface area contributed by atoms with Crippen molar-refractivity contribution < 1.29 is 4.74 Å². The van der Waals surface area contributed by atoms with Crippen LogP contribution in [0.15, 0.2) is 41.5 Å². The van der Waals surface area contributed by atoms with Crippen LogP contribution in [-0.2, 0) is 13.0 Å². The Morgan fingerprint density at radius 2 is 1.84 bits per heavy atom. The van der Waals surface area contributed by atoms with Gasteiger partial charge in [-0.3, -0.25) is 9.13 Å². The largest absolute Gasteiger partial charge is 0.497 e. The maximum absolute atomic E-state index is 12.0. The maximum atomic E-state index is 12.0. The van der Waals surface area contributed by atoms with Gasteiger partial charge in [-0.15, -0.1) is 0 Å². The zero-order valence-corrected chi connectivity index (χ0v) is 11.7. The standard InChI is InChI=1S/C15H20N2O2/c1-12(2)17-11-10-16(15(17)18)9-8-13-4-6-14(19-3)7-5-13/h4-7,10-12H,8-9H2,1-3H3. The van der Waals surface area contributed by atoms with Crippen molar-refractivity contribution in [1.29, 1.82) is 0 Å². The summed E-state index contributed by atoms with van der Waals surface area (Å²) in [5.74, 6) is 0.854. The van der Waals surface area contributed by atoms with E-state index in [0.29, 0.717) is 6.54 Å². The van der Waals surface area contributed by atoms with E-state index >= 15 is 0 Å². The highest BCUT2D eigenvalue weighted by molar-refractivity contribution is 5.27. The van der Waals surface area contributed by atoms with Crippen molar-refractivity contribution in [3.63, 3.8) is 0 Å². The lowest BCUT2D eigenvalue weighted by molar-refractivity contribution is 0.414. The molecule has 0 aliphatic carbocycles. The fourth-order valence-electron chi connectivity index (χ4n) is 2.03. The normalized spacial score (nSPS) is 10.9. The molecule has 2 rings (SSSR count). The van der Waals surface area contributed by atoms with Crippen molar-refractivity contribution >= 4 is 0 Å². The Hall–Kier alpha value is -1.97. The van der Waals surface area contributed by atoms with Crippen molar-refractivity contribution in [3.05, 3.63) is 52.7 Å². The van der Waals surface area contributed by atoms with Gasteiger partial charge in [0.05, 0.1) is 7.11 Å². The molecular formula is C15H20N2O2. The van der Waals surface area contributed by atoms with Crippen molar-refractivity contribution in [2.75, 3.05) is 7.11 Å². The van der Waals surface area contributed by atoms with Crippen molar-refractivity contribution in [2.45, 2.75) is 32.9 Å². The number of imidazole rings is 1. The Labute approximate surface area is 113 Å². The van der Waals surface area contributed by atoms with Gasteiger partial charge in [0.15, 0.2) is 0 Å². The van der Waals surface area contributed by atoms with Crippen LogP contribution in [0.1, 0.15) is 25.5 Å². The summed E-state index contributed by atoms with van der Waals surface area (Å²) in [5.41, 5.74) is 1.26. The summed E-state index contributed by atoms with van der Waals surface area (Å²) < 4.78 is 8.62. The number of aryl methyl sites for hydroxylation is 2. The Kier molecular flexibility index (Phi) is 4.10. The lowest BCUT2D eigenvalue weighted by Crippen LogP contribution is -2.25. The second-order valence-electron chi connectivity index (χ2n) is 4.87. The van der Waals surface area contributed by atoms with E-state index in [-0.39, 0.29) is 11.7 Å². The SMILES string of the molecule is COc1ccc(CCn2ccn(C(C)C)c2=O)cc1. The first kappa shape index (κ1) is 13.5. The quantitative estimate of drug-likeness (QED) is 0.828. The lowest BCUT2D eigenvalue weighted by atomic mass is 10.1. The van der Waals surface area contributed by atoms with Crippen LogP contribution in [-0.4, -0.2) is 16.2 Å². The second-order valence-corrected chi connectivity index (χ2v) is 4.87. The van der Waals surface area contributed by atoms with E-state index in [1.165, 1.54) is 5.56 Å². The van der Waals surface area contributed by atoms with Crippen LogP contribution in [0.5, 0.6) is 5.75 Å². The fourth-order valence-corrected chi connectivity index (χ4v) is 2.03. The van der Waals surface area contributed by atoms with E-state index < -0.39 is 0 Å². The summed E-state index contributed by atoms with van der Waals surface area (Å²) in [6.07, 6.45) is 4.54. The zero-order valence-electron chi connectivity index (χ0n) is 11.7. The summed E-state index contributed by atoms with van der Waals surface area (Å²) in [6, 6.07) is 8.15. The van der Waals surface area contributed by atoms with E-state index in [2.05, 4.69) is 0 Å². The second kappa shape index (κ2) is 5.78. The minimum atomic E-state index is 0.0588. The molecule has 0 saturated heterocycles. The number of hydrogen-bond acceptors (Lipinski definition) is 2. The van der Waals surface area contributed by atoms with Crippen LogP contribution in [0, 0.1) is 0 Å². The molecule has 4 nitrogen and oxygen atoms in total. The molecule has 1 aromatic heterocycles. The smallest absolute Gasteiger partial charge is 0.328 e. The van der Waals surface area contributed by atoms with Gasteiger partial charge < -0.3 is 4.74 Å². The number of methoxy groups -OCH3 is 1. The molecule has 1 heterocycles. The van der Waals surface area contributed by atoms with E-state index in [1.807, 2.05) is 50.5 Å². The van der Waals surface area contributed by atoms with Gasteiger partial charge in [0.2, 0.25) is 0 Å². The molecular weight excluding hydrogens is 240 g/mol. The van der Waals surface area contributed by atoms with Crippen LogP contribution in [0.3, 0.4) is 0 Å². The van der Waals surface area contributed by atoms with Gasteiger partial charge in [0, 0.05) is 25.0 Å². The fraction of sp³-hybridized carbons (Fsp3) is 0.400. The predicted molar refractivity (Wildman–Crippen MR) is 75.8 cm³/mol. The summed E-state index contributed by atoms with van der Waals surface area (Å²) in [5, 5.41) is 0. The van der Waals surface area contributed by atoms with Gasteiger partial charge in [-0.1, -0.05) is 12.1 Å². The predicted octanol–water partition coefficient (Wildman–Crippen LogP) is 2.48. The third-order valence-electron chi connectivity index (χ3n) is 3.23. The minimum absolute atomic E-state index is 0.0588. The Balaban J connectivity index is 2.04. The monoisotopic (exact) mass is 260 g/mol. The minimum Gasteiger partial charge on any atom is -0.497 e. The molecule has 0 unspecified atom stereocenters. The highest BCUT2D eigenvalue weighted by atomic mass is 16.5. The average molecular weight is 260 g/mol. The van der Waals surface area contributed by atoms with Gasteiger partial charge in [0.25, 0.3) is 0 Å².